The summed E-state index contributed by atoms with van der Waals surface area (Å²) >= 11 is 11.8. The maximum absolute atomic E-state index is 12.0. The Balaban J connectivity index is 1.89. The van der Waals surface area contributed by atoms with Crippen molar-refractivity contribution < 1.29 is 9.53 Å². The third-order valence-corrected chi connectivity index (χ3v) is 3.87. The molecule has 24 heavy (non-hydrogen) atoms. The number of carbonyl (C=O) groups excluding carboxylic acids is 1. The molecule has 1 unspecified atom stereocenters. The fourth-order valence-electron chi connectivity index (χ4n) is 1.92. The first-order valence-electron chi connectivity index (χ1n) is 7.53. The second-order valence-corrected chi connectivity index (χ2v) is 6.01. The lowest BCUT2D eigenvalue weighted by atomic mass is 10.1. The first-order chi connectivity index (χ1) is 11.5. The Morgan fingerprint density at radius 2 is 1.96 bits per heavy atom. The van der Waals surface area contributed by atoms with Gasteiger partial charge in [-0.3, -0.25) is 4.79 Å². The van der Waals surface area contributed by atoms with E-state index in [1.807, 2.05) is 24.3 Å². The molecule has 2 aromatic carbocycles. The molecule has 0 aliphatic rings. The molecule has 1 amide bonds. The summed E-state index contributed by atoms with van der Waals surface area (Å²) in [6.07, 6.45) is 1.82. The average molecular weight is 365 g/mol. The number of halogens is 2. The van der Waals surface area contributed by atoms with E-state index in [0.717, 1.165) is 12.0 Å². The van der Waals surface area contributed by atoms with E-state index in [1.54, 1.807) is 31.3 Å². The van der Waals surface area contributed by atoms with Gasteiger partial charge < -0.3 is 4.74 Å². The highest BCUT2D eigenvalue weighted by atomic mass is 35.5. The van der Waals surface area contributed by atoms with Gasteiger partial charge in [0.05, 0.1) is 11.2 Å². The van der Waals surface area contributed by atoms with Crippen LogP contribution in [-0.4, -0.2) is 18.2 Å². The number of rotatable bonds is 6. The molecule has 1 atom stereocenters. The minimum absolute atomic E-state index is 0.349. The summed E-state index contributed by atoms with van der Waals surface area (Å²) in [7, 11) is 0. The number of benzene rings is 2. The molecule has 1 N–H and O–H groups in total. The number of aryl methyl sites for hydroxylation is 1. The van der Waals surface area contributed by atoms with Gasteiger partial charge in [0.2, 0.25) is 0 Å². The second kappa shape index (κ2) is 8.71. The molecule has 0 spiro atoms. The number of hydrazone groups is 1. The maximum Gasteiger partial charge on any atom is 0.280 e. The molecule has 4 nitrogen and oxygen atoms in total. The first kappa shape index (κ1) is 18.3. The van der Waals surface area contributed by atoms with Gasteiger partial charge in [-0.05, 0) is 42.7 Å². The van der Waals surface area contributed by atoms with E-state index in [9.17, 15) is 4.79 Å². The molecule has 2 rings (SSSR count). The van der Waals surface area contributed by atoms with Crippen LogP contribution in [0, 0.1) is 0 Å². The highest BCUT2D eigenvalue weighted by Crippen LogP contribution is 2.28. The molecule has 0 heterocycles. The molecule has 0 fully saturated rings. The van der Waals surface area contributed by atoms with Gasteiger partial charge in [0, 0.05) is 5.02 Å². The Hall–Kier alpha value is -2.04. The lowest BCUT2D eigenvalue weighted by molar-refractivity contribution is -0.127. The Kier molecular flexibility index (Phi) is 6.64. The van der Waals surface area contributed by atoms with Gasteiger partial charge in [0.1, 0.15) is 5.75 Å². The Labute approximate surface area is 151 Å². The molecule has 6 heteroatoms. The zero-order valence-electron chi connectivity index (χ0n) is 13.4. The van der Waals surface area contributed by atoms with Crippen LogP contribution < -0.4 is 10.2 Å². The van der Waals surface area contributed by atoms with Crippen molar-refractivity contribution in [1.82, 2.24) is 5.43 Å². The van der Waals surface area contributed by atoms with Gasteiger partial charge in [-0.2, -0.15) is 5.10 Å². The van der Waals surface area contributed by atoms with Crippen LogP contribution in [0.2, 0.25) is 10.0 Å². The molecule has 0 radical (unpaired) electrons. The van der Waals surface area contributed by atoms with Crippen LogP contribution in [0.4, 0.5) is 0 Å². The third kappa shape index (κ3) is 5.25. The van der Waals surface area contributed by atoms with Crippen molar-refractivity contribution >= 4 is 35.3 Å². The van der Waals surface area contributed by atoms with Gasteiger partial charge in [0.25, 0.3) is 5.91 Å². The Morgan fingerprint density at radius 3 is 2.58 bits per heavy atom. The topological polar surface area (TPSA) is 50.7 Å². The summed E-state index contributed by atoms with van der Waals surface area (Å²) in [4.78, 5) is 12.0. The van der Waals surface area contributed by atoms with E-state index < -0.39 is 6.10 Å². The minimum Gasteiger partial charge on any atom is -0.479 e. The third-order valence-electron chi connectivity index (χ3n) is 3.34. The van der Waals surface area contributed by atoms with E-state index in [4.69, 9.17) is 27.9 Å². The lowest BCUT2D eigenvalue weighted by Crippen LogP contribution is -2.33. The van der Waals surface area contributed by atoms with E-state index >= 15 is 0 Å². The van der Waals surface area contributed by atoms with E-state index in [2.05, 4.69) is 17.5 Å². The molecule has 0 aliphatic heterocycles. The van der Waals surface area contributed by atoms with Crippen molar-refractivity contribution in [3.63, 3.8) is 0 Å². The zero-order valence-corrected chi connectivity index (χ0v) is 14.9. The van der Waals surface area contributed by atoms with Crippen molar-refractivity contribution in [3.05, 3.63) is 63.6 Å². The van der Waals surface area contributed by atoms with Crippen LogP contribution in [0.3, 0.4) is 0 Å². The number of amides is 1. The number of nitrogens with zero attached hydrogens (tertiary/aromatic N) is 1. The Bertz CT molecular complexity index is 730. The van der Waals surface area contributed by atoms with Crippen LogP contribution in [0.25, 0.3) is 0 Å². The highest BCUT2D eigenvalue weighted by Gasteiger charge is 2.15. The lowest BCUT2D eigenvalue weighted by Gasteiger charge is -2.14. The minimum atomic E-state index is -0.747. The summed E-state index contributed by atoms with van der Waals surface area (Å²) in [5, 5.41) is 4.79. The van der Waals surface area contributed by atoms with E-state index in [0.29, 0.717) is 15.8 Å². The van der Waals surface area contributed by atoms with Crippen molar-refractivity contribution in [3.8, 4) is 5.75 Å². The monoisotopic (exact) mass is 364 g/mol. The smallest absolute Gasteiger partial charge is 0.280 e. The normalized spacial score (nSPS) is 12.2. The predicted molar refractivity (Wildman–Crippen MR) is 98.1 cm³/mol. The van der Waals surface area contributed by atoms with Gasteiger partial charge in [-0.1, -0.05) is 54.4 Å². The van der Waals surface area contributed by atoms with E-state index in [1.165, 1.54) is 5.56 Å². The molecule has 0 saturated heterocycles. The molecular weight excluding hydrogens is 347 g/mol. The molecular formula is C18H18Cl2N2O2. The molecule has 0 bridgehead atoms. The summed E-state index contributed by atoms with van der Waals surface area (Å²) in [6.45, 7) is 3.71. The fraction of sp³-hybridized carbons (Fsp3) is 0.222. The maximum atomic E-state index is 12.0. The van der Waals surface area contributed by atoms with Crippen LogP contribution >= 0.6 is 23.2 Å². The number of nitrogens with one attached hydrogen (secondary N) is 1. The quantitative estimate of drug-likeness (QED) is 0.606. The molecule has 0 aliphatic carbocycles. The number of hydrogen-bond donors (Lipinski definition) is 1. The van der Waals surface area contributed by atoms with Crippen LogP contribution in [0.5, 0.6) is 5.75 Å². The SMILES string of the molecule is CCc1ccc(C=NNC(=O)C(C)Oc2ccc(Cl)cc2Cl)cc1. The average Bonchev–Trinajstić information content (AvgIpc) is 2.57. The molecule has 0 saturated carbocycles. The van der Waals surface area contributed by atoms with Gasteiger partial charge in [0.15, 0.2) is 6.10 Å². The standard InChI is InChI=1S/C18H18Cl2N2O2/c1-3-13-4-6-14(7-5-13)11-21-22-18(23)12(2)24-17-9-8-15(19)10-16(17)20/h4-12H,3H2,1-2H3,(H,22,23). The van der Waals surface area contributed by atoms with Gasteiger partial charge in [-0.25, -0.2) is 5.43 Å². The molecule has 2 aromatic rings. The predicted octanol–water partition coefficient (Wildman–Crippen LogP) is 4.47. The summed E-state index contributed by atoms with van der Waals surface area (Å²) in [6, 6.07) is 12.8. The van der Waals surface area contributed by atoms with Crippen LogP contribution in [0.15, 0.2) is 47.6 Å². The first-order valence-corrected chi connectivity index (χ1v) is 8.28. The zero-order chi connectivity index (χ0) is 17.5. The Morgan fingerprint density at radius 1 is 1.25 bits per heavy atom. The highest BCUT2D eigenvalue weighted by molar-refractivity contribution is 6.35. The van der Waals surface area contributed by atoms with Crippen molar-refractivity contribution in [2.45, 2.75) is 26.4 Å². The van der Waals surface area contributed by atoms with Gasteiger partial charge in [-0.15, -0.1) is 0 Å². The van der Waals surface area contributed by atoms with Crippen LogP contribution in [-0.2, 0) is 11.2 Å². The number of ether oxygens (including phenoxy) is 1. The van der Waals surface area contributed by atoms with Crippen LogP contribution in [0.1, 0.15) is 25.0 Å². The summed E-state index contributed by atoms with van der Waals surface area (Å²) in [5.41, 5.74) is 4.60. The summed E-state index contributed by atoms with van der Waals surface area (Å²) in [5.74, 6) is 0.0188. The van der Waals surface area contributed by atoms with Crippen molar-refractivity contribution in [1.29, 1.82) is 0 Å². The fourth-order valence-corrected chi connectivity index (χ4v) is 2.37. The van der Waals surface area contributed by atoms with E-state index in [-0.39, 0.29) is 5.91 Å². The summed E-state index contributed by atoms with van der Waals surface area (Å²) < 4.78 is 5.52. The van der Waals surface area contributed by atoms with Gasteiger partial charge >= 0.3 is 0 Å². The molecule has 126 valence electrons. The van der Waals surface area contributed by atoms with Crippen molar-refractivity contribution in [2.75, 3.05) is 0 Å². The number of carbonyl (C=O) groups is 1. The molecule has 0 aromatic heterocycles. The van der Waals surface area contributed by atoms with Crippen molar-refractivity contribution in [2.24, 2.45) is 5.10 Å². The second-order valence-electron chi connectivity index (χ2n) is 5.16. The largest absolute Gasteiger partial charge is 0.479 e. The number of hydrogen-bond acceptors (Lipinski definition) is 3.